The van der Waals surface area contributed by atoms with Gasteiger partial charge in [0.15, 0.2) is 0 Å². The molecule has 0 aliphatic carbocycles. The smallest absolute Gasteiger partial charge is 0.407 e. The van der Waals surface area contributed by atoms with Gasteiger partial charge in [-0.1, -0.05) is 66.7 Å². The third-order valence-corrected chi connectivity index (χ3v) is 5.13. The summed E-state index contributed by atoms with van der Waals surface area (Å²) in [5.74, 6) is 0. The van der Waals surface area contributed by atoms with Gasteiger partial charge in [-0.2, -0.15) is 0 Å². The number of nitrogens with one attached hydrogen (secondary N) is 1. The summed E-state index contributed by atoms with van der Waals surface area (Å²) in [6.45, 7) is 0.00953. The standard InChI is InChI=1S/C21H20BrNO4/c22-19-16-9-5-4-8-15(16)10-11-17(19)20(25)18(24)12-23-21(26)27-13-14-6-2-1-3-7-14/h1-11,18,20,24-25H,12-13H2,(H,23,26). The van der Waals surface area contributed by atoms with Crippen molar-refractivity contribution in [1.82, 2.24) is 5.32 Å². The molecule has 6 heteroatoms. The van der Waals surface area contributed by atoms with Crippen LogP contribution < -0.4 is 5.32 Å². The van der Waals surface area contributed by atoms with Crippen LogP contribution in [0.1, 0.15) is 17.2 Å². The largest absolute Gasteiger partial charge is 0.445 e. The second-order valence-corrected chi connectivity index (χ2v) is 6.94. The molecule has 3 aromatic carbocycles. The number of aliphatic hydroxyl groups excluding tert-OH is 2. The number of amides is 1. The lowest BCUT2D eigenvalue weighted by Gasteiger charge is -2.20. The van der Waals surface area contributed by atoms with Crippen LogP contribution in [0.4, 0.5) is 4.79 Å². The number of carbonyl (C=O) groups excluding carboxylic acids is 1. The molecule has 27 heavy (non-hydrogen) atoms. The number of carbonyl (C=O) groups is 1. The Hall–Kier alpha value is -2.41. The highest BCUT2D eigenvalue weighted by atomic mass is 79.9. The molecule has 0 aromatic heterocycles. The molecule has 3 aromatic rings. The fourth-order valence-electron chi connectivity index (χ4n) is 2.76. The molecule has 0 fully saturated rings. The zero-order chi connectivity index (χ0) is 19.2. The number of fused-ring (bicyclic) bond motifs is 1. The van der Waals surface area contributed by atoms with Gasteiger partial charge >= 0.3 is 6.09 Å². The summed E-state index contributed by atoms with van der Waals surface area (Å²) in [6, 6.07) is 20.7. The van der Waals surface area contributed by atoms with Gasteiger partial charge < -0.3 is 20.3 Å². The Morgan fingerprint density at radius 2 is 1.70 bits per heavy atom. The summed E-state index contributed by atoms with van der Waals surface area (Å²) in [5, 5.41) is 25.2. The summed E-state index contributed by atoms with van der Waals surface area (Å²) in [6.07, 6.45) is -2.98. The molecule has 0 spiro atoms. The van der Waals surface area contributed by atoms with Crippen LogP contribution in [0, 0.1) is 0 Å². The van der Waals surface area contributed by atoms with Crippen molar-refractivity contribution < 1.29 is 19.7 Å². The Morgan fingerprint density at radius 3 is 2.48 bits per heavy atom. The van der Waals surface area contributed by atoms with E-state index < -0.39 is 18.3 Å². The quantitative estimate of drug-likeness (QED) is 0.554. The lowest BCUT2D eigenvalue weighted by Crippen LogP contribution is -2.35. The van der Waals surface area contributed by atoms with Crippen LogP contribution in [0.15, 0.2) is 71.2 Å². The molecular formula is C21H20BrNO4. The van der Waals surface area contributed by atoms with Crippen molar-refractivity contribution in [3.63, 3.8) is 0 Å². The van der Waals surface area contributed by atoms with Crippen molar-refractivity contribution in [3.8, 4) is 0 Å². The highest BCUT2D eigenvalue weighted by Gasteiger charge is 2.22. The maximum atomic E-state index is 11.8. The molecule has 0 saturated heterocycles. The van der Waals surface area contributed by atoms with E-state index >= 15 is 0 Å². The summed E-state index contributed by atoms with van der Waals surface area (Å²) >= 11 is 3.50. The van der Waals surface area contributed by atoms with E-state index in [1.54, 1.807) is 6.07 Å². The van der Waals surface area contributed by atoms with Crippen molar-refractivity contribution in [2.45, 2.75) is 18.8 Å². The molecule has 140 valence electrons. The van der Waals surface area contributed by atoms with Crippen LogP contribution in [0.3, 0.4) is 0 Å². The predicted molar refractivity (Wildman–Crippen MR) is 107 cm³/mol. The summed E-state index contributed by atoms with van der Waals surface area (Å²) in [5.41, 5.74) is 1.42. The number of halogens is 1. The first-order chi connectivity index (χ1) is 13.1. The zero-order valence-electron chi connectivity index (χ0n) is 14.5. The van der Waals surface area contributed by atoms with Gasteiger partial charge in [-0.25, -0.2) is 4.79 Å². The summed E-state index contributed by atoms with van der Waals surface area (Å²) in [4.78, 5) is 11.8. The Labute approximate surface area is 165 Å². The van der Waals surface area contributed by atoms with Gasteiger partial charge in [0.2, 0.25) is 0 Å². The molecule has 0 bridgehead atoms. The first-order valence-electron chi connectivity index (χ1n) is 8.54. The normalized spacial score (nSPS) is 13.1. The SMILES string of the molecule is O=C(NCC(O)C(O)c1ccc2ccccc2c1Br)OCc1ccccc1. The average Bonchev–Trinajstić information content (AvgIpc) is 2.71. The highest BCUT2D eigenvalue weighted by Crippen LogP contribution is 2.32. The van der Waals surface area contributed by atoms with Gasteiger partial charge in [0, 0.05) is 11.0 Å². The average molecular weight is 430 g/mol. The molecule has 0 aliphatic heterocycles. The van der Waals surface area contributed by atoms with Gasteiger partial charge in [-0.05, 0) is 37.8 Å². The molecule has 2 atom stereocenters. The lowest BCUT2D eigenvalue weighted by molar-refractivity contribution is 0.0181. The Kier molecular flexibility index (Phi) is 6.45. The van der Waals surface area contributed by atoms with Crippen molar-refractivity contribution in [2.75, 3.05) is 6.54 Å². The fraction of sp³-hybridized carbons (Fsp3) is 0.190. The number of hydrogen-bond donors (Lipinski definition) is 3. The third kappa shape index (κ3) is 4.86. The maximum absolute atomic E-state index is 11.8. The second-order valence-electron chi connectivity index (χ2n) is 6.14. The van der Waals surface area contributed by atoms with Crippen LogP contribution >= 0.6 is 15.9 Å². The molecule has 2 unspecified atom stereocenters. The van der Waals surface area contributed by atoms with Crippen molar-refractivity contribution in [2.24, 2.45) is 0 Å². The fourth-order valence-corrected chi connectivity index (χ4v) is 3.49. The number of alkyl carbamates (subject to hydrolysis) is 1. The monoisotopic (exact) mass is 429 g/mol. The summed E-state index contributed by atoms with van der Waals surface area (Å²) in [7, 11) is 0. The minimum Gasteiger partial charge on any atom is -0.445 e. The molecule has 0 heterocycles. The van der Waals surface area contributed by atoms with E-state index in [2.05, 4.69) is 21.2 Å². The molecule has 0 radical (unpaired) electrons. The minimum absolute atomic E-state index is 0.131. The molecular weight excluding hydrogens is 410 g/mol. The van der Waals surface area contributed by atoms with E-state index in [1.807, 2.05) is 60.7 Å². The third-order valence-electron chi connectivity index (χ3n) is 4.24. The van der Waals surface area contributed by atoms with E-state index in [1.165, 1.54) is 0 Å². The van der Waals surface area contributed by atoms with Crippen molar-refractivity contribution in [1.29, 1.82) is 0 Å². The number of ether oxygens (including phenoxy) is 1. The van der Waals surface area contributed by atoms with Gasteiger partial charge in [0.05, 0.1) is 0 Å². The number of aliphatic hydroxyl groups is 2. The van der Waals surface area contributed by atoms with Gasteiger partial charge in [0.25, 0.3) is 0 Å². The molecule has 1 amide bonds. The number of rotatable bonds is 6. The van der Waals surface area contributed by atoms with Crippen LogP contribution in [0.2, 0.25) is 0 Å². The second kappa shape index (κ2) is 8.99. The van der Waals surface area contributed by atoms with Crippen molar-refractivity contribution in [3.05, 3.63) is 82.3 Å². The van der Waals surface area contributed by atoms with E-state index in [0.717, 1.165) is 20.8 Å². The Morgan fingerprint density at radius 1 is 1.00 bits per heavy atom. The van der Waals surface area contributed by atoms with Gasteiger partial charge in [-0.3, -0.25) is 0 Å². The number of hydrogen-bond acceptors (Lipinski definition) is 4. The highest BCUT2D eigenvalue weighted by molar-refractivity contribution is 9.10. The minimum atomic E-state index is -1.17. The van der Waals surface area contributed by atoms with E-state index in [4.69, 9.17) is 4.74 Å². The van der Waals surface area contributed by atoms with Gasteiger partial charge in [-0.15, -0.1) is 0 Å². The van der Waals surface area contributed by atoms with Gasteiger partial charge in [0.1, 0.15) is 18.8 Å². The van der Waals surface area contributed by atoms with Crippen molar-refractivity contribution >= 4 is 32.8 Å². The Balaban J connectivity index is 1.57. The first kappa shape index (κ1) is 19.4. The van der Waals surface area contributed by atoms with Crippen LogP contribution in [0.5, 0.6) is 0 Å². The van der Waals surface area contributed by atoms with E-state index in [-0.39, 0.29) is 13.2 Å². The van der Waals surface area contributed by atoms with Crippen LogP contribution in [-0.4, -0.2) is 29.0 Å². The first-order valence-corrected chi connectivity index (χ1v) is 9.33. The lowest BCUT2D eigenvalue weighted by atomic mass is 10.0. The number of benzene rings is 3. The topological polar surface area (TPSA) is 78.8 Å². The Bertz CT molecular complexity index is 916. The van der Waals surface area contributed by atoms with Crippen LogP contribution in [-0.2, 0) is 11.3 Å². The molecule has 0 aliphatic rings. The molecule has 3 N–H and O–H groups in total. The maximum Gasteiger partial charge on any atom is 0.407 e. The van der Waals surface area contributed by atoms with E-state index in [9.17, 15) is 15.0 Å². The van der Waals surface area contributed by atoms with E-state index in [0.29, 0.717) is 5.56 Å². The molecule has 0 saturated carbocycles. The van der Waals surface area contributed by atoms with Crippen LogP contribution in [0.25, 0.3) is 10.8 Å². The molecule has 5 nitrogen and oxygen atoms in total. The summed E-state index contributed by atoms with van der Waals surface area (Å²) < 4.78 is 5.81. The molecule has 3 rings (SSSR count). The predicted octanol–water partition coefficient (Wildman–Crippen LogP) is 3.92. The zero-order valence-corrected chi connectivity index (χ0v) is 16.1.